The van der Waals surface area contributed by atoms with Crippen molar-refractivity contribution in [3.05, 3.63) is 32.6 Å². The van der Waals surface area contributed by atoms with Crippen LogP contribution in [0.5, 0.6) is 0 Å². The summed E-state index contributed by atoms with van der Waals surface area (Å²) in [6.07, 6.45) is 3.42. The largest absolute Gasteiger partial charge is 0.328 e. The van der Waals surface area contributed by atoms with Gasteiger partial charge in [0.25, 0.3) is 5.56 Å². The minimum absolute atomic E-state index is 0.0300. The number of hydrogen-bond donors (Lipinski definition) is 2. The highest BCUT2D eigenvalue weighted by Crippen LogP contribution is 2.06. The van der Waals surface area contributed by atoms with Crippen molar-refractivity contribution in [2.75, 3.05) is 6.54 Å². The van der Waals surface area contributed by atoms with E-state index in [0.717, 1.165) is 19.4 Å². The monoisotopic (exact) mass is 220 g/mol. The fraction of sp³-hybridized carbons (Fsp3) is 0.500. The van der Waals surface area contributed by atoms with Crippen LogP contribution >= 0.6 is 0 Å². The summed E-state index contributed by atoms with van der Waals surface area (Å²) >= 11 is 0. The number of nitriles is 1. The van der Waals surface area contributed by atoms with Gasteiger partial charge in [-0.1, -0.05) is 0 Å². The second-order valence-corrected chi connectivity index (χ2v) is 3.86. The molecule has 0 radical (unpaired) electrons. The molecule has 1 aliphatic rings. The van der Waals surface area contributed by atoms with Crippen LogP contribution < -0.4 is 16.6 Å². The third kappa shape index (κ3) is 2.04. The zero-order valence-electron chi connectivity index (χ0n) is 8.69. The zero-order chi connectivity index (χ0) is 11.5. The predicted molar refractivity (Wildman–Crippen MR) is 57.1 cm³/mol. The van der Waals surface area contributed by atoms with Gasteiger partial charge in [-0.15, -0.1) is 0 Å². The molecule has 0 unspecified atom stereocenters. The van der Waals surface area contributed by atoms with E-state index in [2.05, 4.69) is 10.3 Å². The van der Waals surface area contributed by atoms with E-state index in [4.69, 9.17) is 5.26 Å². The second-order valence-electron chi connectivity index (χ2n) is 3.86. The van der Waals surface area contributed by atoms with Gasteiger partial charge < -0.3 is 5.32 Å². The topological polar surface area (TPSA) is 90.7 Å². The lowest BCUT2D eigenvalue weighted by atomic mass is 10.2. The molecular weight excluding hydrogens is 208 g/mol. The Kier molecular flexibility index (Phi) is 2.88. The van der Waals surface area contributed by atoms with Crippen molar-refractivity contribution in [2.24, 2.45) is 0 Å². The molecule has 6 heteroatoms. The number of aromatic nitrogens is 2. The van der Waals surface area contributed by atoms with Crippen LogP contribution in [0.4, 0.5) is 0 Å². The molecule has 16 heavy (non-hydrogen) atoms. The summed E-state index contributed by atoms with van der Waals surface area (Å²) in [5, 5.41) is 11.9. The molecule has 1 aromatic rings. The summed E-state index contributed by atoms with van der Waals surface area (Å²) in [7, 11) is 0. The summed E-state index contributed by atoms with van der Waals surface area (Å²) in [5.74, 6) is 0. The Balaban J connectivity index is 2.30. The van der Waals surface area contributed by atoms with Gasteiger partial charge >= 0.3 is 5.69 Å². The molecule has 0 spiro atoms. The highest BCUT2D eigenvalue weighted by atomic mass is 16.2. The number of aromatic amines is 1. The number of H-pyrrole nitrogens is 1. The van der Waals surface area contributed by atoms with Crippen molar-refractivity contribution < 1.29 is 0 Å². The van der Waals surface area contributed by atoms with Crippen molar-refractivity contribution in [1.82, 2.24) is 14.9 Å². The summed E-state index contributed by atoms with van der Waals surface area (Å²) in [6.45, 7) is 1.44. The Labute approximate surface area is 91.5 Å². The minimum atomic E-state index is -0.622. The molecule has 2 N–H and O–H groups in total. The quantitative estimate of drug-likeness (QED) is 0.680. The molecule has 0 aliphatic carbocycles. The maximum absolute atomic E-state index is 11.5. The summed E-state index contributed by atoms with van der Waals surface area (Å²) in [6, 6.07) is 2.01. The third-order valence-corrected chi connectivity index (χ3v) is 2.71. The van der Waals surface area contributed by atoms with E-state index in [1.165, 1.54) is 10.8 Å². The molecular formula is C10H12N4O2. The molecule has 1 atom stereocenters. The lowest BCUT2D eigenvalue weighted by Crippen LogP contribution is -2.36. The standard InChI is InChI=1S/C10H12N4O2/c11-4-7-5-14(10(16)13-9(7)15)6-8-2-1-3-12-8/h5,8,12H,1-3,6H2,(H,13,15,16)/t8-/m1/s1. The van der Waals surface area contributed by atoms with Crippen molar-refractivity contribution >= 4 is 0 Å². The normalized spacial score (nSPS) is 19.6. The fourth-order valence-electron chi connectivity index (χ4n) is 1.87. The van der Waals surface area contributed by atoms with E-state index in [-0.39, 0.29) is 11.6 Å². The Morgan fingerprint density at radius 3 is 3.00 bits per heavy atom. The van der Waals surface area contributed by atoms with Crippen molar-refractivity contribution in [2.45, 2.75) is 25.4 Å². The van der Waals surface area contributed by atoms with Gasteiger partial charge in [-0.3, -0.25) is 14.3 Å². The van der Waals surface area contributed by atoms with Crippen LogP contribution in [0, 0.1) is 11.3 Å². The van der Waals surface area contributed by atoms with Crippen LogP contribution in [-0.4, -0.2) is 22.1 Å². The first-order chi connectivity index (χ1) is 7.70. The minimum Gasteiger partial charge on any atom is -0.312 e. The molecule has 84 valence electrons. The van der Waals surface area contributed by atoms with E-state index in [1.54, 1.807) is 6.07 Å². The Hall–Kier alpha value is -1.87. The first-order valence-corrected chi connectivity index (χ1v) is 5.18. The van der Waals surface area contributed by atoms with Gasteiger partial charge in [-0.2, -0.15) is 5.26 Å². The molecule has 2 heterocycles. The molecule has 6 nitrogen and oxygen atoms in total. The zero-order valence-corrected chi connectivity index (χ0v) is 8.69. The van der Waals surface area contributed by atoms with Crippen molar-refractivity contribution in [3.8, 4) is 6.07 Å². The summed E-state index contributed by atoms with van der Waals surface area (Å²) < 4.78 is 1.38. The Morgan fingerprint density at radius 1 is 1.56 bits per heavy atom. The lowest BCUT2D eigenvalue weighted by Gasteiger charge is -2.11. The summed E-state index contributed by atoms with van der Waals surface area (Å²) in [4.78, 5) is 24.8. The average Bonchev–Trinajstić information content (AvgIpc) is 2.75. The second kappa shape index (κ2) is 4.33. The average molecular weight is 220 g/mol. The molecule has 1 saturated heterocycles. The van der Waals surface area contributed by atoms with Crippen molar-refractivity contribution in [1.29, 1.82) is 5.26 Å². The maximum atomic E-state index is 11.5. The number of rotatable bonds is 2. The number of nitrogens with zero attached hydrogens (tertiary/aromatic N) is 2. The Morgan fingerprint density at radius 2 is 2.38 bits per heavy atom. The van der Waals surface area contributed by atoms with Gasteiger partial charge in [-0.25, -0.2) is 4.79 Å². The molecule has 0 bridgehead atoms. The van der Waals surface area contributed by atoms with Crippen LogP contribution in [0.15, 0.2) is 15.8 Å². The SMILES string of the molecule is N#Cc1cn(C[C@H]2CCCN2)c(=O)[nH]c1=O. The smallest absolute Gasteiger partial charge is 0.312 e. The van der Waals surface area contributed by atoms with Gasteiger partial charge in [0.15, 0.2) is 0 Å². The first-order valence-electron chi connectivity index (χ1n) is 5.18. The summed E-state index contributed by atoms with van der Waals surface area (Å²) in [5.41, 5.74) is -1.11. The van der Waals surface area contributed by atoms with E-state index in [1.807, 2.05) is 0 Å². The van der Waals surface area contributed by atoms with Gasteiger partial charge in [0.2, 0.25) is 0 Å². The molecule has 1 aliphatic heterocycles. The van der Waals surface area contributed by atoms with Crippen LogP contribution in [0.25, 0.3) is 0 Å². The molecule has 2 rings (SSSR count). The van der Waals surface area contributed by atoms with Gasteiger partial charge in [0.05, 0.1) is 0 Å². The lowest BCUT2D eigenvalue weighted by molar-refractivity contribution is 0.491. The number of hydrogen-bond acceptors (Lipinski definition) is 4. The van der Waals surface area contributed by atoms with Crippen LogP contribution in [0.1, 0.15) is 18.4 Å². The van der Waals surface area contributed by atoms with Gasteiger partial charge in [-0.05, 0) is 19.4 Å². The highest BCUT2D eigenvalue weighted by Gasteiger charge is 2.15. The molecule has 1 fully saturated rings. The van der Waals surface area contributed by atoms with E-state index < -0.39 is 11.2 Å². The van der Waals surface area contributed by atoms with E-state index >= 15 is 0 Å². The maximum Gasteiger partial charge on any atom is 0.328 e. The predicted octanol–water partition coefficient (Wildman–Crippen LogP) is -0.840. The first kappa shape index (κ1) is 10.6. The third-order valence-electron chi connectivity index (χ3n) is 2.71. The highest BCUT2D eigenvalue weighted by molar-refractivity contribution is 5.21. The van der Waals surface area contributed by atoms with Crippen LogP contribution in [0.3, 0.4) is 0 Å². The molecule has 0 aromatic carbocycles. The number of nitrogens with one attached hydrogen (secondary N) is 2. The van der Waals surface area contributed by atoms with Gasteiger partial charge in [0.1, 0.15) is 11.6 Å². The molecule has 0 amide bonds. The van der Waals surface area contributed by atoms with Crippen LogP contribution in [0.2, 0.25) is 0 Å². The van der Waals surface area contributed by atoms with Crippen LogP contribution in [-0.2, 0) is 6.54 Å². The van der Waals surface area contributed by atoms with E-state index in [9.17, 15) is 9.59 Å². The van der Waals surface area contributed by atoms with Gasteiger partial charge in [0, 0.05) is 18.8 Å². The fourth-order valence-corrected chi connectivity index (χ4v) is 1.87. The van der Waals surface area contributed by atoms with E-state index in [0.29, 0.717) is 6.54 Å². The van der Waals surface area contributed by atoms with Crippen molar-refractivity contribution in [3.63, 3.8) is 0 Å². The Bertz CT molecular complexity index is 531. The molecule has 0 saturated carbocycles. The molecule has 1 aromatic heterocycles.